The summed E-state index contributed by atoms with van der Waals surface area (Å²) in [7, 11) is 0.689. The molecule has 1 nitrogen and oxygen atoms in total. The predicted molar refractivity (Wildman–Crippen MR) is 90.6 cm³/mol. The first-order valence-corrected chi connectivity index (χ1v) is 7.69. The van der Waals surface area contributed by atoms with Crippen LogP contribution < -0.4 is 0 Å². The molecule has 0 aliphatic rings. The third kappa shape index (κ3) is 4.97. The summed E-state index contributed by atoms with van der Waals surface area (Å²) in [6.45, 7) is 2.57. The first-order chi connectivity index (χ1) is 10.2. The molecular weight excluding hydrogens is 272 g/mol. The van der Waals surface area contributed by atoms with Crippen LogP contribution in [0.4, 0.5) is 0 Å². The maximum atomic E-state index is 5.42. The topological polar surface area (TPSA) is 9.23 Å². The van der Waals surface area contributed by atoms with E-state index in [-0.39, 0.29) is 0 Å². The molecule has 0 heterocycles. The second-order valence-corrected chi connectivity index (χ2v) is 5.57. The Labute approximate surface area is 129 Å². The van der Waals surface area contributed by atoms with Crippen molar-refractivity contribution in [3.63, 3.8) is 0 Å². The zero-order chi connectivity index (χ0) is 15.0. The Hall–Kier alpha value is -2.26. The average molecular weight is 290 g/mol. The van der Waals surface area contributed by atoms with Gasteiger partial charge in [0.2, 0.25) is 0 Å². The second kappa shape index (κ2) is 7.50. The van der Waals surface area contributed by atoms with E-state index in [1.54, 1.807) is 0 Å². The molecule has 0 atom stereocenters. The van der Waals surface area contributed by atoms with Gasteiger partial charge in [-0.05, 0) is 31.2 Å². The van der Waals surface area contributed by atoms with E-state index < -0.39 is 5.41 Å². The number of hydrogen-bond acceptors (Lipinski definition) is 1. The zero-order valence-corrected chi connectivity index (χ0v) is 14.4. The Morgan fingerprint density at radius 3 is 1.67 bits per heavy atom. The van der Waals surface area contributed by atoms with Crippen molar-refractivity contribution in [2.24, 2.45) is 5.41 Å². The molecule has 0 bridgehead atoms. The minimum atomic E-state index is -0.451. The maximum Gasteiger partial charge on any atom is 0.146 e. The average Bonchev–Trinajstić information content (AvgIpc) is 2.54. The van der Waals surface area contributed by atoms with Crippen LogP contribution in [0, 0.1) is 29.1 Å². The molecule has 2 aromatic carbocycles. The molecule has 0 fully saturated rings. The van der Waals surface area contributed by atoms with Gasteiger partial charge in [0.15, 0.2) is 0 Å². The summed E-state index contributed by atoms with van der Waals surface area (Å²) in [6.07, 6.45) is 0. The Morgan fingerprint density at radius 2 is 1.29 bits per heavy atom. The Bertz CT molecular complexity index is 627. The maximum absolute atomic E-state index is 5.42. The van der Waals surface area contributed by atoms with Crippen molar-refractivity contribution in [3.8, 4) is 23.7 Å². The van der Waals surface area contributed by atoms with Crippen LogP contribution in [0.2, 0.25) is 0 Å². The molecule has 0 aliphatic carbocycles. The van der Waals surface area contributed by atoms with Gasteiger partial charge < -0.3 is 4.43 Å². The Balaban J connectivity index is 2.25. The quantitative estimate of drug-likeness (QED) is 0.609. The minimum absolute atomic E-state index is 0.451. The third-order valence-corrected chi connectivity index (χ3v) is 3.23. The lowest BCUT2D eigenvalue weighted by atomic mass is 9.92. The smallest absolute Gasteiger partial charge is 0.146 e. The Kier molecular flexibility index (Phi) is 5.40. The van der Waals surface area contributed by atoms with Crippen LogP contribution in [0.3, 0.4) is 0 Å². The van der Waals surface area contributed by atoms with Gasteiger partial charge >= 0.3 is 0 Å². The molecule has 0 aliphatic heterocycles. The largest absolute Gasteiger partial charge is 0.425 e. The van der Waals surface area contributed by atoms with Gasteiger partial charge in [-0.3, -0.25) is 0 Å². The lowest BCUT2D eigenvalue weighted by Gasteiger charge is -2.15. The van der Waals surface area contributed by atoms with Crippen molar-refractivity contribution in [1.82, 2.24) is 0 Å². The molecule has 104 valence electrons. The molecule has 0 spiro atoms. The Morgan fingerprint density at radius 1 is 0.857 bits per heavy atom. The monoisotopic (exact) mass is 290 g/mol. The van der Waals surface area contributed by atoms with Gasteiger partial charge in [0.25, 0.3) is 0 Å². The van der Waals surface area contributed by atoms with Gasteiger partial charge in [-0.1, -0.05) is 60.1 Å². The summed E-state index contributed by atoms with van der Waals surface area (Å²) in [6, 6.07) is 19.9. The fourth-order valence-corrected chi connectivity index (χ4v) is 2.43. The highest BCUT2D eigenvalue weighted by atomic mass is 28.2. The standard InChI is InChI=1S/C19H18OSi/c1-19(16-20-21,14-12-17-8-4-2-5-9-17)15-13-18-10-6-3-7-11-18/h2-11H,16H2,1,21H3. The SMILES string of the molecule is CC(C#Cc1ccccc1)(C#Cc1ccccc1)CO[SiH3]. The lowest BCUT2D eigenvalue weighted by Crippen LogP contribution is -2.18. The summed E-state index contributed by atoms with van der Waals surface area (Å²) in [5.74, 6) is 12.9. The summed E-state index contributed by atoms with van der Waals surface area (Å²) in [5.41, 5.74) is 1.55. The van der Waals surface area contributed by atoms with Crippen LogP contribution in [0.5, 0.6) is 0 Å². The van der Waals surface area contributed by atoms with Crippen LogP contribution >= 0.6 is 0 Å². The van der Waals surface area contributed by atoms with E-state index in [1.807, 2.05) is 67.6 Å². The fraction of sp³-hybridized carbons (Fsp3) is 0.158. The summed E-state index contributed by atoms with van der Waals surface area (Å²) >= 11 is 0. The van der Waals surface area contributed by atoms with Crippen molar-refractivity contribution < 1.29 is 4.43 Å². The highest BCUT2D eigenvalue weighted by Crippen LogP contribution is 2.15. The molecular formula is C19H18OSi. The number of hydrogen-bond donors (Lipinski definition) is 0. The van der Waals surface area contributed by atoms with Crippen molar-refractivity contribution in [2.45, 2.75) is 6.92 Å². The molecule has 2 aromatic rings. The van der Waals surface area contributed by atoms with Crippen molar-refractivity contribution in [1.29, 1.82) is 0 Å². The summed E-state index contributed by atoms with van der Waals surface area (Å²) < 4.78 is 5.42. The molecule has 2 heteroatoms. The van der Waals surface area contributed by atoms with Crippen LogP contribution in [0.25, 0.3) is 0 Å². The van der Waals surface area contributed by atoms with Gasteiger partial charge in [0.05, 0.1) is 6.61 Å². The molecule has 2 rings (SSSR count). The van der Waals surface area contributed by atoms with Gasteiger partial charge in [0.1, 0.15) is 15.9 Å². The van der Waals surface area contributed by atoms with E-state index in [0.29, 0.717) is 17.1 Å². The number of rotatable bonds is 2. The van der Waals surface area contributed by atoms with Crippen LogP contribution in [-0.2, 0) is 4.43 Å². The van der Waals surface area contributed by atoms with Crippen molar-refractivity contribution in [3.05, 3.63) is 71.8 Å². The van der Waals surface area contributed by atoms with Gasteiger partial charge in [-0.15, -0.1) is 0 Å². The second-order valence-electron chi connectivity index (χ2n) is 5.00. The number of benzene rings is 2. The normalized spacial score (nSPS) is 10.1. The zero-order valence-electron chi connectivity index (χ0n) is 12.4. The molecule has 0 aromatic heterocycles. The molecule has 0 unspecified atom stereocenters. The first-order valence-electron chi connectivity index (χ1n) is 6.87. The highest BCUT2D eigenvalue weighted by molar-refractivity contribution is 5.98. The first kappa shape index (κ1) is 15.1. The van der Waals surface area contributed by atoms with Crippen LogP contribution in [0.1, 0.15) is 18.1 Å². The predicted octanol–water partition coefficient (Wildman–Crippen LogP) is 2.39. The van der Waals surface area contributed by atoms with Gasteiger partial charge in [0, 0.05) is 11.1 Å². The third-order valence-electron chi connectivity index (χ3n) is 2.95. The molecule has 0 radical (unpaired) electrons. The van der Waals surface area contributed by atoms with E-state index in [2.05, 4.69) is 23.7 Å². The van der Waals surface area contributed by atoms with E-state index in [1.165, 1.54) is 0 Å². The van der Waals surface area contributed by atoms with E-state index >= 15 is 0 Å². The molecule has 0 N–H and O–H groups in total. The van der Waals surface area contributed by atoms with Gasteiger partial charge in [-0.2, -0.15) is 0 Å². The summed E-state index contributed by atoms with van der Waals surface area (Å²) in [4.78, 5) is 0. The van der Waals surface area contributed by atoms with E-state index in [9.17, 15) is 0 Å². The molecule has 0 amide bonds. The van der Waals surface area contributed by atoms with Crippen LogP contribution in [-0.4, -0.2) is 17.1 Å². The fourth-order valence-electron chi connectivity index (χ4n) is 1.86. The molecule has 21 heavy (non-hydrogen) atoms. The van der Waals surface area contributed by atoms with Crippen molar-refractivity contribution in [2.75, 3.05) is 6.61 Å². The minimum Gasteiger partial charge on any atom is -0.425 e. The van der Waals surface area contributed by atoms with E-state index in [0.717, 1.165) is 11.1 Å². The highest BCUT2D eigenvalue weighted by Gasteiger charge is 2.17. The molecule has 0 saturated heterocycles. The lowest BCUT2D eigenvalue weighted by molar-refractivity contribution is 0.277. The van der Waals surface area contributed by atoms with E-state index in [4.69, 9.17) is 4.43 Å². The summed E-state index contributed by atoms with van der Waals surface area (Å²) in [5, 5.41) is 0. The van der Waals surface area contributed by atoms with Gasteiger partial charge in [-0.25, -0.2) is 0 Å². The van der Waals surface area contributed by atoms with Crippen LogP contribution in [0.15, 0.2) is 60.7 Å². The van der Waals surface area contributed by atoms with Crippen molar-refractivity contribution >= 4 is 10.5 Å². The molecule has 0 saturated carbocycles.